The fraction of sp³-hybridized carbons (Fsp3) is 0.476. The van der Waals surface area contributed by atoms with Crippen molar-refractivity contribution in [3.63, 3.8) is 0 Å². The van der Waals surface area contributed by atoms with Gasteiger partial charge in [0.05, 0.1) is 10.7 Å². The summed E-state index contributed by atoms with van der Waals surface area (Å²) in [6.07, 6.45) is 3.33. The van der Waals surface area contributed by atoms with Gasteiger partial charge in [0.2, 0.25) is 5.91 Å². The maximum atomic E-state index is 12.8. The van der Waals surface area contributed by atoms with Crippen molar-refractivity contribution in [2.24, 2.45) is 0 Å². The average Bonchev–Trinajstić information content (AvgIpc) is 3.17. The molecule has 1 aromatic heterocycles. The normalized spacial score (nSPS) is 17.0. The number of hydrogen-bond acceptors (Lipinski definition) is 4. The smallest absolute Gasteiger partial charge is 0.253 e. The molecule has 1 fully saturated rings. The lowest BCUT2D eigenvalue weighted by Crippen LogP contribution is -2.39. The Morgan fingerprint density at radius 1 is 1.30 bits per heavy atom. The highest BCUT2D eigenvalue weighted by Crippen LogP contribution is 2.30. The molecule has 0 bridgehead atoms. The van der Waals surface area contributed by atoms with Crippen molar-refractivity contribution in [3.05, 3.63) is 51.5 Å². The highest BCUT2D eigenvalue weighted by molar-refractivity contribution is 7.09. The molecule has 1 N–H and O–H groups in total. The molecule has 5 nitrogen and oxygen atoms in total. The van der Waals surface area contributed by atoms with Crippen molar-refractivity contribution >= 4 is 23.2 Å². The molecule has 0 radical (unpaired) electrons. The number of hydrogen-bond donors (Lipinski definition) is 1. The molecular formula is C21H27N3O2S. The number of aromatic nitrogens is 1. The predicted octanol–water partition coefficient (Wildman–Crippen LogP) is 3.54. The Labute approximate surface area is 164 Å². The molecule has 1 aliphatic heterocycles. The first kappa shape index (κ1) is 19.5. The van der Waals surface area contributed by atoms with E-state index in [-0.39, 0.29) is 11.8 Å². The van der Waals surface area contributed by atoms with E-state index in [1.165, 1.54) is 0 Å². The Kier molecular flexibility index (Phi) is 6.61. The van der Waals surface area contributed by atoms with Gasteiger partial charge in [0.25, 0.3) is 5.91 Å². The molecule has 144 valence electrons. The Morgan fingerprint density at radius 2 is 2.07 bits per heavy atom. The van der Waals surface area contributed by atoms with Gasteiger partial charge in [-0.25, -0.2) is 4.98 Å². The second kappa shape index (κ2) is 9.13. The molecule has 3 rings (SSSR count). The standard InChI is InChI=1S/C21H27N3O2S/c1-3-19(25)22-11-10-18-14-27-20(23-18)17-5-4-12-24(13-17)21(26)16-8-6-15(2)7-9-16/h6-9,14,17H,3-5,10-13H2,1-2H3,(H,22,25). The van der Waals surface area contributed by atoms with E-state index < -0.39 is 0 Å². The van der Waals surface area contributed by atoms with Crippen molar-refractivity contribution in [3.8, 4) is 0 Å². The molecular weight excluding hydrogens is 358 g/mol. The van der Waals surface area contributed by atoms with E-state index in [1.807, 2.05) is 43.0 Å². The number of carbonyl (C=O) groups is 2. The van der Waals surface area contributed by atoms with E-state index >= 15 is 0 Å². The molecule has 0 aliphatic carbocycles. The lowest BCUT2D eigenvalue weighted by atomic mass is 9.98. The van der Waals surface area contributed by atoms with Gasteiger partial charge in [-0.05, 0) is 31.9 Å². The number of nitrogens with zero attached hydrogens (tertiary/aromatic N) is 2. The van der Waals surface area contributed by atoms with Gasteiger partial charge in [0, 0.05) is 49.3 Å². The van der Waals surface area contributed by atoms with Gasteiger partial charge in [-0.3, -0.25) is 9.59 Å². The fourth-order valence-electron chi connectivity index (χ4n) is 3.32. The fourth-order valence-corrected chi connectivity index (χ4v) is 4.30. The Morgan fingerprint density at radius 3 is 2.81 bits per heavy atom. The van der Waals surface area contributed by atoms with Crippen molar-refractivity contribution in [1.29, 1.82) is 0 Å². The Balaban J connectivity index is 1.58. The predicted molar refractivity (Wildman–Crippen MR) is 108 cm³/mol. The van der Waals surface area contributed by atoms with E-state index in [0.29, 0.717) is 18.9 Å². The van der Waals surface area contributed by atoms with E-state index in [2.05, 4.69) is 10.7 Å². The first-order valence-electron chi connectivity index (χ1n) is 9.63. The first-order chi connectivity index (χ1) is 13.1. The van der Waals surface area contributed by atoms with Gasteiger partial charge in [-0.15, -0.1) is 11.3 Å². The summed E-state index contributed by atoms with van der Waals surface area (Å²) in [6.45, 7) is 6.04. The number of aryl methyl sites for hydroxylation is 1. The minimum atomic E-state index is 0.0722. The largest absolute Gasteiger partial charge is 0.356 e. The quantitative estimate of drug-likeness (QED) is 0.827. The van der Waals surface area contributed by atoms with E-state index in [1.54, 1.807) is 11.3 Å². The van der Waals surface area contributed by atoms with Crippen molar-refractivity contribution in [1.82, 2.24) is 15.2 Å². The van der Waals surface area contributed by atoms with Gasteiger partial charge in [-0.2, -0.15) is 0 Å². The van der Waals surface area contributed by atoms with Crippen LogP contribution in [0.3, 0.4) is 0 Å². The van der Waals surface area contributed by atoms with E-state index in [4.69, 9.17) is 4.98 Å². The zero-order chi connectivity index (χ0) is 19.2. The van der Waals surface area contributed by atoms with Gasteiger partial charge < -0.3 is 10.2 Å². The molecule has 1 atom stereocenters. The van der Waals surface area contributed by atoms with Crippen LogP contribution in [-0.4, -0.2) is 41.3 Å². The highest BCUT2D eigenvalue weighted by atomic mass is 32.1. The maximum absolute atomic E-state index is 12.8. The van der Waals surface area contributed by atoms with Crippen LogP contribution in [0.2, 0.25) is 0 Å². The third-order valence-electron chi connectivity index (χ3n) is 4.95. The topological polar surface area (TPSA) is 62.3 Å². The molecule has 2 heterocycles. The summed E-state index contributed by atoms with van der Waals surface area (Å²) < 4.78 is 0. The van der Waals surface area contributed by atoms with Crippen LogP contribution >= 0.6 is 11.3 Å². The zero-order valence-electron chi connectivity index (χ0n) is 16.0. The average molecular weight is 386 g/mol. The minimum Gasteiger partial charge on any atom is -0.356 e. The second-order valence-corrected chi connectivity index (χ2v) is 7.98. The van der Waals surface area contributed by atoms with Gasteiger partial charge in [0.1, 0.15) is 0 Å². The molecule has 0 spiro atoms. The summed E-state index contributed by atoms with van der Waals surface area (Å²) in [7, 11) is 0. The summed E-state index contributed by atoms with van der Waals surface area (Å²) in [6, 6.07) is 7.79. The van der Waals surface area contributed by atoms with Crippen LogP contribution in [0.5, 0.6) is 0 Å². The Hall–Kier alpha value is -2.21. The van der Waals surface area contributed by atoms with Crippen LogP contribution in [0.25, 0.3) is 0 Å². The number of thiazole rings is 1. The van der Waals surface area contributed by atoms with Crippen LogP contribution in [0.15, 0.2) is 29.6 Å². The molecule has 1 aromatic carbocycles. The first-order valence-corrected chi connectivity index (χ1v) is 10.5. The lowest BCUT2D eigenvalue weighted by molar-refractivity contribution is -0.120. The van der Waals surface area contributed by atoms with Crippen LogP contribution in [0, 0.1) is 6.92 Å². The third-order valence-corrected chi connectivity index (χ3v) is 6.01. The monoisotopic (exact) mass is 385 g/mol. The third kappa shape index (κ3) is 5.16. The number of benzene rings is 1. The van der Waals surface area contributed by atoms with Gasteiger partial charge >= 0.3 is 0 Å². The number of carbonyl (C=O) groups excluding carboxylic acids is 2. The van der Waals surface area contributed by atoms with Crippen LogP contribution < -0.4 is 5.32 Å². The molecule has 2 amide bonds. The number of amides is 2. The van der Waals surface area contributed by atoms with Crippen LogP contribution in [0.1, 0.15) is 58.7 Å². The Bertz CT molecular complexity index is 785. The number of piperidine rings is 1. The highest BCUT2D eigenvalue weighted by Gasteiger charge is 2.27. The molecule has 2 aromatic rings. The van der Waals surface area contributed by atoms with E-state index in [0.717, 1.165) is 54.2 Å². The molecule has 1 aliphatic rings. The second-order valence-electron chi connectivity index (χ2n) is 7.09. The molecule has 27 heavy (non-hydrogen) atoms. The van der Waals surface area contributed by atoms with Gasteiger partial charge in [-0.1, -0.05) is 24.6 Å². The lowest BCUT2D eigenvalue weighted by Gasteiger charge is -2.32. The van der Waals surface area contributed by atoms with Crippen LogP contribution in [0.4, 0.5) is 0 Å². The molecule has 1 unspecified atom stereocenters. The number of likely N-dealkylation sites (tertiary alicyclic amines) is 1. The molecule has 6 heteroatoms. The molecule has 1 saturated heterocycles. The number of rotatable bonds is 6. The van der Waals surface area contributed by atoms with Crippen molar-refractivity contribution in [2.45, 2.75) is 45.4 Å². The van der Waals surface area contributed by atoms with E-state index in [9.17, 15) is 9.59 Å². The maximum Gasteiger partial charge on any atom is 0.253 e. The SMILES string of the molecule is CCC(=O)NCCc1csc(C2CCCN(C(=O)c3ccc(C)cc3)C2)n1. The summed E-state index contributed by atoms with van der Waals surface area (Å²) in [5.74, 6) is 0.485. The summed E-state index contributed by atoms with van der Waals surface area (Å²) in [4.78, 5) is 30.8. The van der Waals surface area contributed by atoms with Gasteiger partial charge in [0.15, 0.2) is 0 Å². The van der Waals surface area contributed by atoms with Crippen molar-refractivity contribution in [2.75, 3.05) is 19.6 Å². The summed E-state index contributed by atoms with van der Waals surface area (Å²) in [5, 5.41) is 6.07. The zero-order valence-corrected chi connectivity index (χ0v) is 16.8. The van der Waals surface area contributed by atoms with Crippen molar-refractivity contribution < 1.29 is 9.59 Å². The minimum absolute atomic E-state index is 0.0722. The summed E-state index contributed by atoms with van der Waals surface area (Å²) in [5.41, 5.74) is 2.94. The number of nitrogens with one attached hydrogen (secondary N) is 1. The summed E-state index contributed by atoms with van der Waals surface area (Å²) >= 11 is 1.67. The molecule has 0 saturated carbocycles. The van der Waals surface area contributed by atoms with Crippen LogP contribution in [-0.2, 0) is 11.2 Å².